The third-order valence-corrected chi connectivity index (χ3v) is 2.09. The fourth-order valence-electron chi connectivity index (χ4n) is 1.23. The number of hydrogen-bond donors (Lipinski definition) is 2. The second kappa shape index (κ2) is 4.75. The van der Waals surface area contributed by atoms with E-state index in [-0.39, 0.29) is 12.1 Å². The van der Waals surface area contributed by atoms with E-state index in [1.54, 1.807) is 6.07 Å². The van der Waals surface area contributed by atoms with Crippen molar-refractivity contribution in [3.8, 4) is 0 Å². The number of carbonyl (C=O) groups is 1. The van der Waals surface area contributed by atoms with Gasteiger partial charge in [-0.2, -0.15) is 0 Å². The van der Waals surface area contributed by atoms with Crippen LogP contribution in [0.15, 0.2) is 18.2 Å². The zero-order chi connectivity index (χ0) is 11.4. The van der Waals surface area contributed by atoms with E-state index in [4.69, 9.17) is 11.5 Å². The van der Waals surface area contributed by atoms with Crippen molar-refractivity contribution >= 4 is 11.7 Å². The Morgan fingerprint density at radius 1 is 1.60 bits per heavy atom. The quantitative estimate of drug-likeness (QED) is 0.563. The second-order valence-electron chi connectivity index (χ2n) is 3.15. The number of anilines is 1. The lowest BCUT2D eigenvalue weighted by Gasteiger charge is -2.11. The maximum atomic E-state index is 13.0. The standard InChI is InChI=1S/C10H13FN2O2/c1-15-10(14)8(12)5-6-3-2-4-7(11)9(6)13/h2-4,8H,5,12-13H2,1H3/t8-/m0/s1. The van der Waals surface area contributed by atoms with Crippen molar-refractivity contribution in [3.63, 3.8) is 0 Å². The molecule has 0 amide bonds. The van der Waals surface area contributed by atoms with E-state index < -0.39 is 17.8 Å². The predicted molar refractivity (Wildman–Crippen MR) is 54.5 cm³/mol. The van der Waals surface area contributed by atoms with Crippen molar-refractivity contribution in [2.45, 2.75) is 12.5 Å². The fraction of sp³-hybridized carbons (Fsp3) is 0.300. The lowest BCUT2D eigenvalue weighted by molar-refractivity contribution is -0.142. The number of methoxy groups -OCH3 is 1. The largest absolute Gasteiger partial charge is 0.468 e. The maximum Gasteiger partial charge on any atom is 0.322 e. The Hall–Kier alpha value is -1.62. The van der Waals surface area contributed by atoms with E-state index in [9.17, 15) is 9.18 Å². The molecule has 5 heteroatoms. The number of nitrogens with two attached hydrogens (primary N) is 2. The molecule has 0 heterocycles. The van der Waals surface area contributed by atoms with Crippen LogP contribution in [0, 0.1) is 5.82 Å². The summed E-state index contributed by atoms with van der Waals surface area (Å²) in [6.45, 7) is 0. The molecule has 82 valence electrons. The van der Waals surface area contributed by atoms with Crippen LogP contribution < -0.4 is 11.5 Å². The molecule has 0 radical (unpaired) electrons. The Balaban J connectivity index is 2.81. The first-order valence-electron chi connectivity index (χ1n) is 4.42. The minimum absolute atomic E-state index is 0.0249. The van der Waals surface area contributed by atoms with Gasteiger partial charge in [-0.05, 0) is 11.6 Å². The maximum absolute atomic E-state index is 13.0. The van der Waals surface area contributed by atoms with Gasteiger partial charge in [0.25, 0.3) is 0 Å². The molecule has 4 N–H and O–H groups in total. The summed E-state index contributed by atoms with van der Waals surface area (Å²) in [5.41, 5.74) is 11.5. The van der Waals surface area contributed by atoms with Crippen molar-refractivity contribution in [1.29, 1.82) is 0 Å². The van der Waals surface area contributed by atoms with Crippen LogP contribution >= 0.6 is 0 Å². The first kappa shape index (κ1) is 11.5. The van der Waals surface area contributed by atoms with E-state index in [2.05, 4.69) is 4.74 Å². The van der Waals surface area contributed by atoms with Gasteiger partial charge in [-0.15, -0.1) is 0 Å². The molecule has 0 spiro atoms. The summed E-state index contributed by atoms with van der Waals surface area (Å²) < 4.78 is 17.5. The molecular weight excluding hydrogens is 199 g/mol. The Bertz CT molecular complexity index is 368. The lowest BCUT2D eigenvalue weighted by Crippen LogP contribution is -2.33. The van der Waals surface area contributed by atoms with Crippen LogP contribution in [-0.2, 0) is 16.0 Å². The van der Waals surface area contributed by atoms with Gasteiger partial charge < -0.3 is 16.2 Å². The summed E-state index contributed by atoms with van der Waals surface area (Å²) in [4.78, 5) is 11.0. The molecule has 0 saturated carbocycles. The average molecular weight is 212 g/mol. The van der Waals surface area contributed by atoms with Crippen LogP contribution in [0.3, 0.4) is 0 Å². The Kier molecular flexibility index (Phi) is 3.62. The smallest absolute Gasteiger partial charge is 0.322 e. The SMILES string of the molecule is COC(=O)[C@@H](N)Cc1cccc(F)c1N. The second-order valence-corrected chi connectivity index (χ2v) is 3.15. The van der Waals surface area contributed by atoms with Gasteiger partial charge in [-0.25, -0.2) is 4.39 Å². The van der Waals surface area contributed by atoms with Crippen molar-refractivity contribution in [2.75, 3.05) is 12.8 Å². The average Bonchev–Trinajstić information content (AvgIpc) is 2.23. The number of nitrogen functional groups attached to an aromatic ring is 1. The van der Waals surface area contributed by atoms with Crippen molar-refractivity contribution < 1.29 is 13.9 Å². The summed E-state index contributed by atoms with van der Waals surface area (Å²) in [6, 6.07) is 3.58. The first-order valence-corrected chi connectivity index (χ1v) is 4.42. The molecule has 0 fully saturated rings. The minimum Gasteiger partial charge on any atom is -0.468 e. The molecule has 0 aromatic heterocycles. The van der Waals surface area contributed by atoms with Gasteiger partial charge in [-0.3, -0.25) is 4.79 Å². The van der Waals surface area contributed by atoms with Crippen LogP contribution in [0.5, 0.6) is 0 Å². The molecule has 1 aromatic carbocycles. The number of benzene rings is 1. The monoisotopic (exact) mass is 212 g/mol. The molecule has 0 bridgehead atoms. The van der Waals surface area contributed by atoms with Crippen molar-refractivity contribution in [1.82, 2.24) is 0 Å². The number of halogens is 1. The highest BCUT2D eigenvalue weighted by atomic mass is 19.1. The molecule has 0 aliphatic carbocycles. The lowest BCUT2D eigenvalue weighted by atomic mass is 10.0. The Labute approximate surface area is 87.0 Å². The van der Waals surface area contributed by atoms with E-state index in [0.717, 1.165) is 0 Å². The van der Waals surface area contributed by atoms with Crippen LogP contribution in [0.2, 0.25) is 0 Å². The fourth-order valence-corrected chi connectivity index (χ4v) is 1.23. The summed E-state index contributed by atoms with van der Waals surface area (Å²) in [5.74, 6) is -1.05. The van der Waals surface area contributed by atoms with E-state index >= 15 is 0 Å². The molecule has 0 unspecified atom stereocenters. The normalized spacial score (nSPS) is 12.2. The zero-order valence-electron chi connectivity index (χ0n) is 8.37. The van der Waals surface area contributed by atoms with Gasteiger partial charge >= 0.3 is 5.97 Å². The van der Waals surface area contributed by atoms with Gasteiger partial charge in [0.1, 0.15) is 11.9 Å². The van der Waals surface area contributed by atoms with Gasteiger partial charge in [0.2, 0.25) is 0 Å². The van der Waals surface area contributed by atoms with E-state index in [1.807, 2.05) is 0 Å². The topological polar surface area (TPSA) is 78.3 Å². The summed E-state index contributed by atoms with van der Waals surface area (Å²) >= 11 is 0. The Morgan fingerprint density at radius 2 is 2.27 bits per heavy atom. The molecule has 1 aromatic rings. The van der Waals surface area contributed by atoms with E-state index in [1.165, 1.54) is 19.2 Å². The highest BCUT2D eigenvalue weighted by Gasteiger charge is 2.16. The molecule has 15 heavy (non-hydrogen) atoms. The summed E-state index contributed by atoms with van der Waals surface area (Å²) in [5, 5.41) is 0. The number of ether oxygens (including phenoxy) is 1. The summed E-state index contributed by atoms with van der Waals surface area (Å²) in [6.07, 6.45) is 0.163. The van der Waals surface area contributed by atoms with Crippen molar-refractivity contribution in [3.05, 3.63) is 29.6 Å². The van der Waals surface area contributed by atoms with Crippen molar-refractivity contribution in [2.24, 2.45) is 5.73 Å². The number of carbonyl (C=O) groups excluding carboxylic acids is 1. The number of para-hydroxylation sites is 1. The van der Waals surface area contributed by atoms with Gasteiger partial charge in [0.05, 0.1) is 12.8 Å². The van der Waals surface area contributed by atoms with Crippen LogP contribution in [0.4, 0.5) is 10.1 Å². The highest BCUT2D eigenvalue weighted by molar-refractivity contribution is 5.76. The summed E-state index contributed by atoms with van der Waals surface area (Å²) in [7, 11) is 1.25. The Morgan fingerprint density at radius 3 is 2.87 bits per heavy atom. The molecule has 1 rings (SSSR count). The number of hydrogen-bond acceptors (Lipinski definition) is 4. The third kappa shape index (κ3) is 2.66. The first-order chi connectivity index (χ1) is 7.06. The molecule has 0 aliphatic rings. The van der Waals surface area contributed by atoms with E-state index in [0.29, 0.717) is 5.56 Å². The molecule has 1 atom stereocenters. The third-order valence-electron chi connectivity index (χ3n) is 2.09. The zero-order valence-corrected chi connectivity index (χ0v) is 8.37. The van der Waals surface area contributed by atoms with Crippen LogP contribution in [0.25, 0.3) is 0 Å². The van der Waals surface area contributed by atoms with Gasteiger partial charge in [0, 0.05) is 6.42 Å². The van der Waals surface area contributed by atoms with Crippen LogP contribution in [0.1, 0.15) is 5.56 Å². The minimum atomic E-state index is -0.820. The molecule has 0 aliphatic heterocycles. The number of rotatable bonds is 3. The molecule has 0 saturated heterocycles. The number of esters is 1. The van der Waals surface area contributed by atoms with Crippen LogP contribution in [-0.4, -0.2) is 19.1 Å². The molecular formula is C10H13FN2O2. The van der Waals surface area contributed by atoms with Gasteiger partial charge in [0.15, 0.2) is 0 Å². The highest BCUT2D eigenvalue weighted by Crippen LogP contribution is 2.17. The van der Waals surface area contributed by atoms with Gasteiger partial charge in [-0.1, -0.05) is 12.1 Å². The predicted octanol–water partition coefficient (Wildman–Crippen LogP) is 0.451. The molecule has 4 nitrogen and oxygen atoms in total.